The topological polar surface area (TPSA) is 32.8 Å². The van der Waals surface area contributed by atoms with E-state index in [1.807, 2.05) is 48.2 Å². The Morgan fingerprint density at radius 3 is 2.69 bits per heavy atom. The van der Waals surface area contributed by atoms with Crippen molar-refractivity contribution in [3.8, 4) is 5.75 Å². The van der Waals surface area contributed by atoms with Crippen molar-refractivity contribution < 1.29 is 13.9 Å². The molecule has 1 fully saturated rings. The highest BCUT2D eigenvalue weighted by molar-refractivity contribution is 5.99. The SMILES string of the molecule is CN(C)c1ccccc1C(=O)N1CCC[C@@H](COc2ccccc2F)C1. The maximum Gasteiger partial charge on any atom is 0.255 e. The Labute approximate surface area is 154 Å². The molecule has 1 saturated heterocycles. The van der Waals surface area contributed by atoms with Crippen LogP contribution in [0.1, 0.15) is 23.2 Å². The Kier molecular flexibility index (Phi) is 5.76. The lowest BCUT2D eigenvalue weighted by atomic mass is 9.98. The van der Waals surface area contributed by atoms with Gasteiger partial charge in [-0.05, 0) is 37.1 Å². The molecule has 1 amide bonds. The highest BCUT2D eigenvalue weighted by Crippen LogP contribution is 2.25. The maximum absolute atomic E-state index is 13.7. The zero-order valence-corrected chi connectivity index (χ0v) is 15.3. The Morgan fingerprint density at radius 1 is 1.19 bits per heavy atom. The van der Waals surface area contributed by atoms with Gasteiger partial charge in [0.2, 0.25) is 0 Å². The number of para-hydroxylation sites is 2. The number of halogens is 1. The second-order valence-corrected chi connectivity index (χ2v) is 6.91. The summed E-state index contributed by atoms with van der Waals surface area (Å²) in [5.41, 5.74) is 1.63. The number of piperidine rings is 1. The Bertz CT molecular complexity index is 763. The lowest BCUT2D eigenvalue weighted by Gasteiger charge is -2.33. The molecule has 0 bridgehead atoms. The van der Waals surface area contributed by atoms with Gasteiger partial charge in [0.25, 0.3) is 5.91 Å². The van der Waals surface area contributed by atoms with Crippen LogP contribution in [-0.4, -0.2) is 44.6 Å². The van der Waals surface area contributed by atoms with Gasteiger partial charge in [0, 0.05) is 38.8 Å². The highest BCUT2D eigenvalue weighted by Gasteiger charge is 2.26. The van der Waals surface area contributed by atoms with Gasteiger partial charge in [-0.2, -0.15) is 0 Å². The van der Waals surface area contributed by atoms with Gasteiger partial charge in [-0.15, -0.1) is 0 Å². The van der Waals surface area contributed by atoms with Gasteiger partial charge in [0.1, 0.15) is 0 Å². The van der Waals surface area contributed by atoms with Crippen molar-refractivity contribution in [3.05, 3.63) is 59.9 Å². The number of hydrogen-bond acceptors (Lipinski definition) is 3. The molecule has 2 aromatic carbocycles. The molecule has 0 aliphatic carbocycles. The van der Waals surface area contributed by atoms with Gasteiger partial charge in [-0.1, -0.05) is 24.3 Å². The lowest BCUT2D eigenvalue weighted by Crippen LogP contribution is -2.42. The molecular formula is C21H25FN2O2. The van der Waals surface area contributed by atoms with Crippen molar-refractivity contribution in [2.24, 2.45) is 5.92 Å². The van der Waals surface area contributed by atoms with Crippen LogP contribution in [0.2, 0.25) is 0 Å². The summed E-state index contributed by atoms with van der Waals surface area (Å²) in [5, 5.41) is 0. The number of ether oxygens (including phenoxy) is 1. The first-order valence-corrected chi connectivity index (χ1v) is 8.99. The van der Waals surface area contributed by atoms with Crippen LogP contribution in [0.4, 0.5) is 10.1 Å². The first kappa shape index (κ1) is 18.2. The van der Waals surface area contributed by atoms with Crippen LogP contribution in [0.25, 0.3) is 0 Å². The largest absolute Gasteiger partial charge is 0.490 e. The first-order chi connectivity index (χ1) is 12.6. The molecule has 1 heterocycles. The zero-order chi connectivity index (χ0) is 18.5. The summed E-state index contributed by atoms with van der Waals surface area (Å²) in [5.74, 6) is 0.175. The maximum atomic E-state index is 13.7. The zero-order valence-electron chi connectivity index (χ0n) is 15.3. The molecule has 138 valence electrons. The van der Waals surface area contributed by atoms with Crippen LogP contribution in [0, 0.1) is 11.7 Å². The number of amides is 1. The molecule has 0 aromatic heterocycles. The van der Waals surface area contributed by atoms with E-state index in [-0.39, 0.29) is 23.4 Å². The molecule has 0 radical (unpaired) electrons. The van der Waals surface area contributed by atoms with Crippen molar-refractivity contribution >= 4 is 11.6 Å². The third-order valence-electron chi connectivity index (χ3n) is 4.73. The van der Waals surface area contributed by atoms with E-state index in [4.69, 9.17) is 4.74 Å². The number of likely N-dealkylation sites (tertiary alicyclic amines) is 1. The predicted molar refractivity (Wildman–Crippen MR) is 101 cm³/mol. The molecule has 1 aliphatic heterocycles. The number of nitrogens with zero attached hydrogens (tertiary/aromatic N) is 2. The molecule has 26 heavy (non-hydrogen) atoms. The second-order valence-electron chi connectivity index (χ2n) is 6.91. The summed E-state index contributed by atoms with van der Waals surface area (Å²) < 4.78 is 19.3. The summed E-state index contributed by atoms with van der Waals surface area (Å²) >= 11 is 0. The minimum Gasteiger partial charge on any atom is -0.490 e. The van der Waals surface area contributed by atoms with Gasteiger partial charge in [-0.25, -0.2) is 4.39 Å². The van der Waals surface area contributed by atoms with Crippen LogP contribution in [0.15, 0.2) is 48.5 Å². The Balaban J connectivity index is 1.65. The molecule has 1 atom stereocenters. The number of rotatable bonds is 5. The number of hydrogen-bond donors (Lipinski definition) is 0. The van der Waals surface area contributed by atoms with Gasteiger partial charge in [-0.3, -0.25) is 4.79 Å². The molecule has 4 nitrogen and oxygen atoms in total. The molecule has 3 rings (SSSR count). The van der Waals surface area contributed by atoms with Gasteiger partial charge in [0.15, 0.2) is 11.6 Å². The highest BCUT2D eigenvalue weighted by atomic mass is 19.1. The quantitative estimate of drug-likeness (QED) is 0.816. The van der Waals surface area contributed by atoms with E-state index < -0.39 is 0 Å². The summed E-state index contributed by atoms with van der Waals surface area (Å²) in [6.07, 6.45) is 1.91. The van der Waals surface area contributed by atoms with E-state index in [1.54, 1.807) is 18.2 Å². The molecule has 5 heteroatoms. The van der Waals surface area contributed by atoms with E-state index in [0.717, 1.165) is 25.1 Å². The second kappa shape index (κ2) is 8.21. The minimum absolute atomic E-state index is 0.0462. The predicted octanol–water partition coefficient (Wildman–Crippen LogP) is 3.82. The average Bonchev–Trinajstić information content (AvgIpc) is 2.67. The number of carbonyl (C=O) groups is 1. The molecule has 0 N–H and O–H groups in total. The number of anilines is 1. The van der Waals surface area contributed by atoms with E-state index in [2.05, 4.69) is 0 Å². The fraction of sp³-hybridized carbons (Fsp3) is 0.381. The van der Waals surface area contributed by atoms with Crippen molar-refractivity contribution in [3.63, 3.8) is 0 Å². The smallest absolute Gasteiger partial charge is 0.255 e. The van der Waals surface area contributed by atoms with E-state index in [0.29, 0.717) is 18.7 Å². The van der Waals surface area contributed by atoms with Crippen LogP contribution < -0.4 is 9.64 Å². The molecule has 0 unspecified atom stereocenters. The summed E-state index contributed by atoms with van der Waals surface area (Å²) in [4.78, 5) is 16.8. The summed E-state index contributed by atoms with van der Waals surface area (Å²) in [6, 6.07) is 14.1. The van der Waals surface area contributed by atoms with E-state index in [1.165, 1.54) is 6.07 Å². The standard InChI is InChI=1S/C21H25FN2O2/c1-23(2)19-11-5-3-9-17(19)21(25)24-13-7-8-16(14-24)15-26-20-12-6-4-10-18(20)22/h3-6,9-12,16H,7-8,13-15H2,1-2H3/t16-/m1/s1. The fourth-order valence-corrected chi connectivity index (χ4v) is 3.37. The summed E-state index contributed by atoms with van der Waals surface area (Å²) in [7, 11) is 3.88. The minimum atomic E-state index is -0.351. The molecule has 2 aromatic rings. The number of benzene rings is 2. The monoisotopic (exact) mass is 356 g/mol. The fourth-order valence-electron chi connectivity index (χ4n) is 3.37. The van der Waals surface area contributed by atoms with Crippen LogP contribution >= 0.6 is 0 Å². The lowest BCUT2D eigenvalue weighted by molar-refractivity contribution is 0.0632. The van der Waals surface area contributed by atoms with Crippen LogP contribution in [0.5, 0.6) is 5.75 Å². The average molecular weight is 356 g/mol. The third-order valence-corrected chi connectivity index (χ3v) is 4.73. The van der Waals surface area contributed by atoms with Gasteiger partial charge >= 0.3 is 0 Å². The van der Waals surface area contributed by atoms with Gasteiger partial charge in [0.05, 0.1) is 12.2 Å². The van der Waals surface area contributed by atoms with Gasteiger partial charge < -0.3 is 14.5 Å². The van der Waals surface area contributed by atoms with Crippen molar-refractivity contribution in [2.45, 2.75) is 12.8 Å². The number of carbonyl (C=O) groups excluding carboxylic acids is 1. The van der Waals surface area contributed by atoms with Crippen molar-refractivity contribution in [1.29, 1.82) is 0 Å². The van der Waals surface area contributed by atoms with E-state index in [9.17, 15) is 9.18 Å². The summed E-state index contributed by atoms with van der Waals surface area (Å²) in [6.45, 7) is 1.80. The van der Waals surface area contributed by atoms with E-state index >= 15 is 0 Å². The molecular weight excluding hydrogens is 331 g/mol. The molecule has 0 saturated carbocycles. The van der Waals surface area contributed by atoms with Crippen LogP contribution in [-0.2, 0) is 0 Å². The molecule has 1 aliphatic rings. The molecule has 0 spiro atoms. The Hall–Kier alpha value is -2.56. The van der Waals surface area contributed by atoms with Crippen LogP contribution in [0.3, 0.4) is 0 Å². The Morgan fingerprint density at radius 2 is 1.92 bits per heavy atom. The normalized spacial score (nSPS) is 17.0. The first-order valence-electron chi connectivity index (χ1n) is 8.99. The third kappa shape index (κ3) is 4.15. The van der Waals surface area contributed by atoms with Crippen molar-refractivity contribution in [1.82, 2.24) is 4.90 Å². The van der Waals surface area contributed by atoms with Crippen molar-refractivity contribution in [2.75, 3.05) is 38.7 Å².